The Balaban J connectivity index is 1.42. The third-order valence-corrected chi connectivity index (χ3v) is 7.08. The molecule has 0 bridgehead atoms. The maximum Gasteiger partial charge on any atom is 0.251 e. The maximum absolute atomic E-state index is 12.6. The van der Waals surface area contributed by atoms with Gasteiger partial charge in [0.1, 0.15) is 0 Å². The Morgan fingerprint density at radius 3 is 2.61 bits per heavy atom. The fourth-order valence-electron chi connectivity index (χ4n) is 2.95. The number of nitrogens with one attached hydrogen (secondary N) is 1. The molecule has 4 aromatic rings. The molecule has 2 heterocycles. The molecule has 31 heavy (non-hydrogen) atoms. The van der Waals surface area contributed by atoms with Gasteiger partial charge in [0.05, 0.1) is 11.7 Å². The van der Waals surface area contributed by atoms with Crippen LogP contribution in [0.25, 0.3) is 5.69 Å². The molecule has 1 amide bonds. The summed E-state index contributed by atoms with van der Waals surface area (Å²) in [6.45, 7) is 1.94. The molecule has 156 valence electrons. The summed E-state index contributed by atoms with van der Waals surface area (Å²) < 4.78 is 3.34. The Morgan fingerprint density at radius 2 is 1.90 bits per heavy atom. The van der Waals surface area contributed by atoms with Crippen molar-refractivity contribution >= 4 is 41.2 Å². The van der Waals surface area contributed by atoms with Crippen molar-refractivity contribution in [3.8, 4) is 5.69 Å². The van der Waals surface area contributed by atoms with Crippen molar-refractivity contribution in [1.29, 1.82) is 0 Å². The first-order chi connectivity index (χ1) is 15.1. The van der Waals surface area contributed by atoms with Crippen molar-refractivity contribution in [2.45, 2.75) is 23.1 Å². The van der Waals surface area contributed by atoms with E-state index in [0.717, 1.165) is 21.3 Å². The van der Waals surface area contributed by atoms with Gasteiger partial charge in [-0.25, -0.2) is 4.68 Å². The fourth-order valence-corrected chi connectivity index (χ4v) is 5.27. The Labute approximate surface area is 194 Å². The molecule has 0 aliphatic rings. The summed E-state index contributed by atoms with van der Waals surface area (Å²) in [6, 6.07) is 21.3. The Kier molecular flexibility index (Phi) is 6.91. The molecule has 0 fully saturated rings. The number of rotatable bonds is 7. The largest absolute Gasteiger partial charge is 0.345 e. The molecular formula is C23H20N4OS3. The zero-order valence-corrected chi connectivity index (χ0v) is 19.2. The van der Waals surface area contributed by atoms with Crippen LogP contribution >= 0.6 is 35.3 Å². The van der Waals surface area contributed by atoms with Gasteiger partial charge in [0, 0.05) is 23.7 Å². The van der Waals surface area contributed by atoms with E-state index < -0.39 is 0 Å². The Hall–Kier alpha value is -2.81. The van der Waals surface area contributed by atoms with Crippen LogP contribution in [0.3, 0.4) is 0 Å². The lowest BCUT2D eigenvalue weighted by molar-refractivity contribution is 0.0940. The molecule has 4 rings (SSSR count). The van der Waals surface area contributed by atoms with Crippen molar-refractivity contribution in [1.82, 2.24) is 20.1 Å². The highest BCUT2D eigenvalue weighted by Gasteiger charge is 2.13. The molecule has 5 nitrogen and oxygen atoms in total. The van der Waals surface area contributed by atoms with Crippen LogP contribution in [-0.2, 0) is 5.75 Å². The molecule has 2 aromatic heterocycles. The lowest BCUT2D eigenvalue weighted by Crippen LogP contribution is -2.26. The van der Waals surface area contributed by atoms with Crippen molar-refractivity contribution in [2.75, 3.05) is 0 Å². The summed E-state index contributed by atoms with van der Waals surface area (Å²) in [5.41, 5.74) is 3.63. The van der Waals surface area contributed by atoms with Gasteiger partial charge >= 0.3 is 0 Å². The van der Waals surface area contributed by atoms with E-state index in [-0.39, 0.29) is 11.9 Å². The summed E-state index contributed by atoms with van der Waals surface area (Å²) >= 11 is 8.66. The molecule has 0 saturated heterocycles. The first kappa shape index (κ1) is 21.4. The highest BCUT2D eigenvalue weighted by Crippen LogP contribution is 2.27. The quantitative estimate of drug-likeness (QED) is 0.275. The first-order valence-electron chi connectivity index (χ1n) is 9.68. The predicted octanol–water partition coefficient (Wildman–Crippen LogP) is 5.84. The lowest BCUT2D eigenvalue weighted by Gasteiger charge is -2.14. The summed E-state index contributed by atoms with van der Waals surface area (Å²) in [6.07, 6.45) is 3.47. The number of hydrogen-bond acceptors (Lipinski definition) is 6. The van der Waals surface area contributed by atoms with E-state index in [4.69, 9.17) is 12.2 Å². The van der Waals surface area contributed by atoms with Crippen molar-refractivity contribution in [3.05, 3.63) is 99.8 Å². The number of benzene rings is 2. The zero-order valence-electron chi connectivity index (χ0n) is 16.8. The van der Waals surface area contributed by atoms with Gasteiger partial charge in [0.15, 0.2) is 8.29 Å². The highest BCUT2D eigenvalue weighted by molar-refractivity contribution is 8.00. The molecule has 0 aliphatic carbocycles. The second kappa shape index (κ2) is 10.00. The van der Waals surface area contributed by atoms with E-state index >= 15 is 0 Å². The predicted molar refractivity (Wildman–Crippen MR) is 128 cm³/mol. The molecule has 8 heteroatoms. The topological polar surface area (TPSA) is 59.8 Å². The van der Waals surface area contributed by atoms with Crippen LogP contribution in [-0.4, -0.2) is 20.7 Å². The number of aromatic nitrogens is 3. The molecule has 0 saturated carbocycles. The van der Waals surface area contributed by atoms with Crippen LogP contribution < -0.4 is 5.32 Å². The van der Waals surface area contributed by atoms with Crippen LogP contribution in [0.2, 0.25) is 0 Å². The minimum absolute atomic E-state index is 0.128. The van der Waals surface area contributed by atoms with Crippen LogP contribution in [0, 0.1) is 3.95 Å². The van der Waals surface area contributed by atoms with Crippen molar-refractivity contribution in [2.24, 2.45) is 0 Å². The number of carbonyl (C=O) groups excluding carboxylic acids is 1. The normalized spacial score (nSPS) is 11.8. The number of thioether (sulfide) groups is 1. The molecule has 2 aromatic carbocycles. The van der Waals surface area contributed by atoms with Gasteiger partial charge in [-0.3, -0.25) is 9.78 Å². The smallest absolute Gasteiger partial charge is 0.251 e. The van der Waals surface area contributed by atoms with Crippen LogP contribution in [0.5, 0.6) is 0 Å². The number of hydrogen-bond donors (Lipinski definition) is 1. The molecular weight excluding hydrogens is 444 g/mol. The van der Waals surface area contributed by atoms with Crippen molar-refractivity contribution < 1.29 is 4.79 Å². The summed E-state index contributed by atoms with van der Waals surface area (Å²) in [5, 5.41) is 7.64. The van der Waals surface area contributed by atoms with Gasteiger partial charge in [-0.2, -0.15) is 0 Å². The second-order valence-corrected chi connectivity index (χ2v) is 9.69. The minimum Gasteiger partial charge on any atom is -0.345 e. The van der Waals surface area contributed by atoms with Gasteiger partial charge < -0.3 is 5.32 Å². The van der Waals surface area contributed by atoms with E-state index in [1.54, 1.807) is 41.0 Å². The molecule has 0 radical (unpaired) electrons. The number of carbonyl (C=O) groups is 1. The summed E-state index contributed by atoms with van der Waals surface area (Å²) in [7, 11) is 0. The van der Waals surface area contributed by atoms with E-state index in [9.17, 15) is 4.79 Å². The minimum atomic E-state index is -0.135. The van der Waals surface area contributed by atoms with E-state index in [2.05, 4.69) is 27.5 Å². The van der Waals surface area contributed by atoms with E-state index in [1.165, 1.54) is 16.9 Å². The lowest BCUT2D eigenvalue weighted by atomic mass is 10.1. The Bertz CT molecular complexity index is 1210. The average Bonchev–Trinajstić information content (AvgIpc) is 3.19. The second-order valence-electron chi connectivity index (χ2n) is 6.85. The van der Waals surface area contributed by atoms with Crippen LogP contribution in [0.1, 0.15) is 34.5 Å². The third kappa shape index (κ3) is 5.46. The fraction of sp³-hybridized carbons (Fsp3) is 0.130. The molecule has 0 aliphatic heterocycles. The average molecular weight is 465 g/mol. The number of pyridine rings is 1. The van der Waals surface area contributed by atoms with Gasteiger partial charge in [-0.05, 0) is 60.6 Å². The monoisotopic (exact) mass is 464 g/mol. The van der Waals surface area contributed by atoms with Gasteiger partial charge in [-0.1, -0.05) is 59.5 Å². The van der Waals surface area contributed by atoms with Gasteiger partial charge in [0.25, 0.3) is 5.91 Å². The van der Waals surface area contributed by atoms with Gasteiger partial charge in [-0.15, -0.1) is 5.10 Å². The van der Waals surface area contributed by atoms with Crippen molar-refractivity contribution in [3.63, 3.8) is 0 Å². The maximum atomic E-state index is 12.6. The number of nitrogens with zero attached hydrogens (tertiary/aromatic N) is 3. The Morgan fingerprint density at radius 1 is 1.13 bits per heavy atom. The van der Waals surface area contributed by atoms with Gasteiger partial charge in [0.2, 0.25) is 0 Å². The molecule has 1 atom stereocenters. The summed E-state index contributed by atoms with van der Waals surface area (Å²) in [4.78, 5) is 16.7. The standard InChI is InChI=1S/C23H20N4OS3/c1-16(19-8-5-13-24-14-19)25-21(28)18-9-11-20(12-10-18)27-23(29)31-22(26-27)30-15-17-6-3-2-4-7-17/h2-14,16H,15H2,1H3,(H,25,28). The SMILES string of the molecule is CC(NC(=O)c1ccc(-n2nc(SCc3ccccc3)sc2=S)cc1)c1cccnc1. The molecule has 1 N–H and O–H groups in total. The number of amides is 1. The highest BCUT2D eigenvalue weighted by atomic mass is 32.2. The third-order valence-electron chi connectivity index (χ3n) is 4.64. The van der Waals surface area contributed by atoms with Crippen LogP contribution in [0.15, 0.2) is 83.5 Å². The molecule has 0 spiro atoms. The van der Waals surface area contributed by atoms with E-state index in [0.29, 0.717) is 9.52 Å². The summed E-state index contributed by atoms with van der Waals surface area (Å²) in [5.74, 6) is 0.709. The van der Waals surface area contributed by atoms with E-state index in [1.807, 2.05) is 49.4 Å². The van der Waals surface area contributed by atoms with Crippen LogP contribution in [0.4, 0.5) is 0 Å². The first-order valence-corrected chi connectivity index (χ1v) is 11.9. The zero-order chi connectivity index (χ0) is 21.6. The molecule has 1 unspecified atom stereocenters.